The first kappa shape index (κ1) is 20.5. The molecule has 1 aliphatic heterocycles. The van der Waals surface area contributed by atoms with Gasteiger partial charge in [-0.05, 0) is 35.4 Å². The Kier molecular flexibility index (Phi) is 5.43. The number of aromatic nitrogens is 1. The number of benzene rings is 1. The molecule has 0 unspecified atom stereocenters. The molecule has 1 aromatic carbocycles. The summed E-state index contributed by atoms with van der Waals surface area (Å²) < 4.78 is 18.7. The highest BCUT2D eigenvalue weighted by Gasteiger charge is 2.35. The van der Waals surface area contributed by atoms with Crippen molar-refractivity contribution in [1.29, 1.82) is 0 Å². The fourth-order valence-corrected chi connectivity index (χ4v) is 3.68. The van der Waals surface area contributed by atoms with Gasteiger partial charge < -0.3 is 14.7 Å². The van der Waals surface area contributed by atoms with Gasteiger partial charge in [0.25, 0.3) is 5.91 Å². The molecule has 0 atom stereocenters. The lowest BCUT2D eigenvalue weighted by atomic mass is 10.1. The topological polar surface area (TPSA) is 95.0 Å². The maximum Gasteiger partial charge on any atom is 0.426 e. The number of pyridine rings is 1. The lowest BCUT2D eigenvalue weighted by molar-refractivity contribution is -0.125. The molecule has 2 aromatic rings. The highest BCUT2D eigenvalue weighted by molar-refractivity contribution is 6.07. The number of fused-ring (bicyclic) bond motifs is 1. The van der Waals surface area contributed by atoms with Crippen LogP contribution in [0.3, 0.4) is 0 Å². The first-order chi connectivity index (χ1) is 14.8. The van der Waals surface area contributed by atoms with Gasteiger partial charge in [-0.3, -0.25) is 15.2 Å². The smallest absolute Gasteiger partial charge is 0.426 e. The Morgan fingerprint density at radius 1 is 1.29 bits per heavy atom. The number of nitrogens with one attached hydrogen (secondary N) is 1. The van der Waals surface area contributed by atoms with E-state index in [0.29, 0.717) is 10.8 Å². The molecule has 0 saturated carbocycles. The molecule has 9 heteroatoms. The van der Waals surface area contributed by atoms with E-state index in [0.717, 1.165) is 5.56 Å². The quantitative estimate of drug-likeness (QED) is 0.710. The molecule has 2 heterocycles. The highest BCUT2D eigenvalue weighted by Crippen LogP contribution is 2.31. The summed E-state index contributed by atoms with van der Waals surface area (Å²) in [6.07, 6.45) is 0.962. The van der Waals surface area contributed by atoms with Crippen molar-refractivity contribution < 1.29 is 23.8 Å². The van der Waals surface area contributed by atoms with Crippen LogP contribution < -0.4 is 16.0 Å². The fraction of sp³-hybridized carbons (Fsp3) is 0.227. The lowest BCUT2D eigenvalue weighted by Gasteiger charge is -2.18. The second kappa shape index (κ2) is 8.19. The molecular weight excluding hydrogens is 403 g/mol. The van der Waals surface area contributed by atoms with Gasteiger partial charge in [0.15, 0.2) is 5.76 Å². The molecule has 1 aliphatic carbocycles. The van der Waals surface area contributed by atoms with Gasteiger partial charge in [-0.15, -0.1) is 0 Å². The fourth-order valence-electron chi connectivity index (χ4n) is 3.68. The Labute approximate surface area is 177 Å². The van der Waals surface area contributed by atoms with E-state index >= 15 is 0 Å². The van der Waals surface area contributed by atoms with Crippen LogP contribution in [0.2, 0.25) is 0 Å². The Hall–Kier alpha value is -3.72. The number of aliphatic hydroxyl groups is 1. The third-order valence-electron chi connectivity index (χ3n) is 5.00. The van der Waals surface area contributed by atoms with E-state index in [1.54, 1.807) is 43.3 Å². The molecule has 0 bridgehead atoms. The number of aliphatic hydroxyl groups excluding tert-OH is 1. The molecule has 4 rings (SSSR count). The first-order valence-corrected chi connectivity index (χ1v) is 9.63. The maximum atomic E-state index is 13.2. The van der Waals surface area contributed by atoms with Gasteiger partial charge in [0.2, 0.25) is 0 Å². The van der Waals surface area contributed by atoms with E-state index in [4.69, 9.17) is 4.74 Å². The average Bonchev–Trinajstić information content (AvgIpc) is 2.96. The van der Waals surface area contributed by atoms with Crippen molar-refractivity contribution in [2.24, 2.45) is 0 Å². The van der Waals surface area contributed by atoms with Gasteiger partial charge >= 0.3 is 6.09 Å². The zero-order valence-corrected chi connectivity index (χ0v) is 17.1. The summed E-state index contributed by atoms with van der Waals surface area (Å²) >= 11 is 0. The molecule has 2 amide bonds. The summed E-state index contributed by atoms with van der Waals surface area (Å²) in [4.78, 5) is 31.1. The van der Waals surface area contributed by atoms with Crippen LogP contribution in [0.15, 0.2) is 53.7 Å². The van der Waals surface area contributed by atoms with Crippen LogP contribution in [0.4, 0.5) is 9.18 Å². The average molecular weight is 424 g/mol. The summed E-state index contributed by atoms with van der Waals surface area (Å²) in [6.45, 7) is 0.498. The third kappa shape index (κ3) is 4.13. The van der Waals surface area contributed by atoms with Crippen LogP contribution >= 0.6 is 0 Å². The van der Waals surface area contributed by atoms with E-state index < -0.39 is 6.09 Å². The van der Waals surface area contributed by atoms with Crippen molar-refractivity contribution in [3.8, 4) is 0 Å². The Morgan fingerprint density at radius 2 is 2.03 bits per heavy atom. The largest absolute Gasteiger partial charge is 0.505 e. The zero-order chi connectivity index (χ0) is 22.1. The second-order valence-corrected chi connectivity index (χ2v) is 7.51. The number of hydrazine groups is 1. The van der Waals surface area contributed by atoms with E-state index in [1.807, 2.05) is 0 Å². The monoisotopic (exact) mass is 424 g/mol. The minimum Gasteiger partial charge on any atom is -0.505 e. The molecule has 0 radical (unpaired) electrons. The van der Waals surface area contributed by atoms with Crippen molar-refractivity contribution >= 4 is 23.5 Å². The SMILES string of the molecule is CN(C)NC(=O)OC1=c2cccnc2=C(O)C2=C(C1)CN(Cc1ccc(F)cc1)C2=O. The molecule has 8 nitrogen and oxygen atoms in total. The Bertz CT molecular complexity index is 1200. The Morgan fingerprint density at radius 3 is 2.74 bits per heavy atom. The van der Waals surface area contributed by atoms with Crippen molar-refractivity contribution in [1.82, 2.24) is 20.3 Å². The Balaban J connectivity index is 1.69. The number of carbonyl (C=O) groups excluding carboxylic acids is 2. The highest BCUT2D eigenvalue weighted by atomic mass is 19.1. The number of amides is 2. The van der Waals surface area contributed by atoms with Crippen molar-refractivity contribution in [3.63, 3.8) is 0 Å². The number of halogens is 1. The van der Waals surface area contributed by atoms with Crippen LogP contribution in [0, 0.1) is 5.82 Å². The summed E-state index contributed by atoms with van der Waals surface area (Å²) in [7, 11) is 3.30. The van der Waals surface area contributed by atoms with Crippen LogP contribution in [-0.4, -0.2) is 52.6 Å². The van der Waals surface area contributed by atoms with Gasteiger partial charge in [0, 0.05) is 45.0 Å². The summed E-state index contributed by atoms with van der Waals surface area (Å²) in [5.41, 5.74) is 4.05. The minimum absolute atomic E-state index is 0.157. The van der Waals surface area contributed by atoms with Crippen molar-refractivity contribution in [2.75, 3.05) is 20.6 Å². The molecule has 0 fully saturated rings. The third-order valence-corrected chi connectivity index (χ3v) is 5.00. The lowest BCUT2D eigenvalue weighted by Crippen LogP contribution is -2.39. The predicted octanol–water partition coefficient (Wildman–Crippen LogP) is 0.941. The second-order valence-electron chi connectivity index (χ2n) is 7.51. The summed E-state index contributed by atoms with van der Waals surface area (Å²) in [5, 5.41) is 13.0. The first-order valence-electron chi connectivity index (χ1n) is 9.63. The number of rotatable bonds is 4. The molecule has 31 heavy (non-hydrogen) atoms. The van der Waals surface area contributed by atoms with Crippen molar-refractivity contribution in [3.05, 3.63) is 75.7 Å². The predicted molar refractivity (Wildman–Crippen MR) is 110 cm³/mol. The van der Waals surface area contributed by atoms with Gasteiger partial charge in [0.05, 0.1) is 5.57 Å². The number of hydrogen-bond donors (Lipinski definition) is 2. The molecule has 2 aliphatic rings. The van der Waals surface area contributed by atoms with E-state index in [-0.39, 0.29) is 53.7 Å². The van der Waals surface area contributed by atoms with Gasteiger partial charge in [-0.25, -0.2) is 14.2 Å². The number of hydrogen-bond acceptors (Lipinski definition) is 6. The standard InChI is InChI=1S/C22H21FN4O4/c1-26(2)25-22(30)31-17-10-14-12-27(11-13-5-7-15(23)8-6-13)21(29)18(14)20(28)19-16(17)4-3-9-24-19/h3-9,28H,10-12H2,1-2H3,(H,25,30). The number of nitrogens with zero attached hydrogens (tertiary/aromatic N) is 3. The molecule has 0 spiro atoms. The molecule has 160 valence electrons. The van der Waals surface area contributed by atoms with Crippen LogP contribution in [0.1, 0.15) is 12.0 Å². The van der Waals surface area contributed by atoms with E-state index in [9.17, 15) is 19.1 Å². The summed E-state index contributed by atoms with van der Waals surface area (Å²) in [5.74, 6) is -0.668. The van der Waals surface area contributed by atoms with E-state index in [1.165, 1.54) is 23.3 Å². The zero-order valence-electron chi connectivity index (χ0n) is 17.1. The molecular formula is C22H21FN4O4. The summed E-state index contributed by atoms with van der Waals surface area (Å²) in [6, 6.07) is 9.23. The number of carbonyl (C=O) groups is 2. The van der Waals surface area contributed by atoms with Crippen molar-refractivity contribution in [2.45, 2.75) is 13.0 Å². The maximum absolute atomic E-state index is 13.2. The molecule has 1 aromatic heterocycles. The number of ether oxygens (including phenoxy) is 1. The molecule has 0 saturated heterocycles. The van der Waals surface area contributed by atoms with Crippen LogP contribution in [0.25, 0.3) is 11.5 Å². The molecule has 2 N–H and O–H groups in total. The normalized spacial score (nSPS) is 15.7. The minimum atomic E-state index is -0.689. The van der Waals surface area contributed by atoms with Gasteiger partial charge in [-0.2, -0.15) is 0 Å². The van der Waals surface area contributed by atoms with Gasteiger partial charge in [-0.1, -0.05) is 12.1 Å². The van der Waals surface area contributed by atoms with Crippen LogP contribution in [0.5, 0.6) is 0 Å². The van der Waals surface area contributed by atoms with E-state index in [2.05, 4.69) is 10.4 Å². The van der Waals surface area contributed by atoms with Gasteiger partial charge in [0.1, 0.15) is 16.9 Å². The van der Waals surface area contributed by atoms with Crippen LogP contribution in [-0.2, 0) is 16.1 Å².